The van der Waals surface area contributed by atoms with Crippen molar-refractivity contribution in [1.82, 2.24) is 5.32 Å². The van der Waals surface area contributed by atoms with Gasteiger partial charge in [0.05, 0.1) is 35.6 Å². The van der Waals surface area contributed by atoms with E-state index in [0.717, 1.165) is 13.8 Å². The summed E-state index contributed by atoms with van der Waals surface area (Å²) in [6, 6.07) is 20.1. The Hall–Kier alpha value is -6.43. The number of carbonyl (C=O) groups is 6. The molecule has 1 aliphatic heterocycles. The van der Waals surface area contributed by atoms with Gasteiger partial charge in [-0.15, -0.1) is 0 Å². The first-order chi connectivity index (χ1) is 30.7. The van der Waals surface area contributed by atoms with Gasteiger partial charge in [0.25, 0.3) is 5.91 Å². The molecule has 2 saturated carbocycles. The molecule has 18 heteroatoms. The highest BCUT2D eigenvalue weighted by Gasteiger charge is 2.78. The zero-order valence-electron chi connectivity index (χ0n) is 36.5. The maximum Gasteiger partial charge on any atom is 0.338 e. The van der Waals surface area contributed by atoms with E-state index in [1.807, 2.05) is 0 Å². The molecule has 0 spiro atoms. The number of amides is 1. The molecule has 4 aliphatic rings. The van der Waals surface area contributed by atoms with Crippen LogP contribution < -0.4 is 5.32 Å². The fraction of sp³-hybridized carbons (Fsp3) is 0.447. The van der Waals surface area contributed by atoms with E-state index in [1.165, 1.54) is 50.2 Å². The lowest BCUT2D eigenvalue weighted by molar-refractivity contribution is -0.346. The Morgan fingerprint density at radius 3 is 2.15 bits per heavy atom. The lowest BCUT2D eigenvalue weighted by Gasteiger charge is -2.67. The van der Waals surface area contributed by atoms with Crippen LogP contribution in [0.25, 0.3) is 10.4 Å². The third kappa shape index (κ3) is 7.95. The van der Waals surface area contributed by atoms with Crippen molar-refractivity contribution in [3.05, 3.63) is 123 Å². The predicted molar refractivity (Wildman–Crippen MR) is 226 cm³/mol. The summed E-state index contributed by atoms with van der Waals surface area (Å²) in [5.41, 5.74) is 1.54. The van der Waals surface area contributed by atoms with Gasteiger partial charge in [-0.25, -0.2) is 9.59 Å². The molecule has 1 amide bonds. The first-order valence-corrected chi connectivity index (χ1v) is 21.0. The fourth-order valence-electron chi connectivity index (χ4n) is 10.4. The second-order valence-electron chi connectivity index (χ2n) is 17.7. The Morgan fingerprint density at radius 1 is 0.908 bits per heavy atom. The van der Waals surface area contributed by atoms with Crippen LogP contribution in [0.2, 0.25) is 0 Å². The molecule has 11 atom stereocenters. The minimum atomic E-state index is -2.43. The van der Waals surface area contributed by atoms with E-state index < -0.39 is 113 Å². The molecule has 3 aromatic rings. The van der Waals surface area contributed by atoms with E-state index in [2.05, 4.69) is 15.3 Å². The number of hydrogen-bond donors (Lipinski definition) is 4. The van der Waals surface area contributed by atoms with E-state index in [9.17, 15) is 39.3 Å². The third-order valence-corrected chi connectivity index (χ3v) is 13.7. The smallest absolute Gasteiger partial charge is 0.338 e. The molecule has 2 bridgehead atoms. The van der Waals surface area contributed by atoms with Crippen molar-refractivity contribution in [3.63, 3.8) is 0 Å². The van der Waals surface area contributed by atoms with Crippen LogP contribution in [0.1, 0.15) is 86.7 Å². The summed E-state index contributed by atoms with van der Waals surface area (Å²) in [5.74, 6) is -7.17. The second kappa shape index (κ2) is 17.5. The number of carbonyl (C=O) groups excluding carboxylic acids is 6. The summed E-state index contributed by atoms with van der Waals surface area (Å²) < 4.78 is 30.3. The number of aliphatic hydroxyl groups is 3. The molecule has 0 radical (unpaired) electrons. The summed E-state index contributed by atoms with van der Waals surface area (Å²) >= 11 is 0. The number of nitrogens with zero attached hydrogens (tertiary/aromatic N) is 3. The normalized spacial score (nSPS) is 30.8. The van der Waals surface area contributed by atoms with Gasteiger partial charge in [0.2, 0.25) is 0 Å². The monoisotopic (exact) mass is 894 g/mol. The molecule has 3 fully saturated rings. The maximum atomic E-state index is 15.5. The van der Waals surface area contributed by atoms with Crippen LogP contribution in [-0.4, -0.2) is 105 Å². The molecule has 3 aliphatic carbocycles. The number of fused-ring (bicyclic) bond motifs is 5. The topological polar surface area (TPSA) is 270 Å². The van der Waals surface area contributed by atoms with Crippen molar-refractivity contribution < 1.29 is 67.8 Å². The number of nitrogens with one attached hydrogen (secondary N) is 1. The zero-order chi connectivity index (χ0) is 47.2. The molecule has 1 heterocycles. The van der Waals surface area contributed by atoms with Gasteiger partial charge >= 0.3 is 23.9 Å². The number of esters is 4. The minimum Gasteiger partial charge on any atom is -0.456 e. The molecular weight excluding hydrogens is 845 g/mol. The Morgan fingerprint density at radius 2 is 1.55 bits per heavy atom. The Balaban J connectivity index is 1.37. The SMILES string of the molecule is CC(=O)O[C@H]1C(=O)[C@@]2(C)[C@H]([C@H](OC(=O)c3ccccc3)[C@]3(O)C[C@H](OC(=O)[C@H](O)[C@@H](NC(=O)c4cccc(N=[N+]=[N-])c4)c4ccccc4)C(C)=C1C3(C)C)[C@]1(OC(C)=O)CO[C@@H]1C[C@@H]2O. The van der Waals surface area contributed by atoms with Crippen molar-refractivity contribution in [2.24, 2.45) is 21.9 Å². The summed E-state index contributed by atoms with van der Waals surface area (Å²) in [4.78, 5) is 86.6. The summed E-state index contributed by atoms with van der Waals surface area (Å²) in [6.45, 7) is 7.84. The Kier molecular flexibility index (Phi) is 12.5. The highest BCUT2D eigenvalue weighted by atomic mass is 16.6. The van der Waals surface area contributed by atoms with E-state index in [0.29, 0.717) is 0 Å². The predicted octanol–water partition coefficient (Wildman–Crippen LogP) is 4.68. The van der Waals surface area contributed by atoms with E-state index in [-0.39, 0.29) is 46.6 Å². The molecule has 342 valence electrons. The molecule has 1 saturated heterocycles. The number of azide groups is 1. The van der Waals surface area contributed by atoms with Crippen molar-refractivity contribution in [2.45, 2.75) is 108 Å². The summed E-state index contributed by atoms with van der Waals surface area (Å²) in [7, 11) is 0. The molecule has 0 aromatic heterocycles. The van der Waals surface area contributed by atoms with Gasteiger partial charge < -0.3 is 44.3 Å². The van der Waals surface area contributed by atoms with Crippen molar-refractivity contribution in [2.75, 3.05) is 6.61 Å². The summed E-state index contributed by atoms with van der Waals surface area (Å²) in [6.07, 6.45) is -10.8. The van der Waals surface area contributed by atoms with Crippen LogP contribution in [0.15, 0.2) is 101 Å². The van der Waals surface area contributed by atoms with Crippen LogP contribution >= 0.6 is 0 Å². The standard InChI is InChI=1S/C47H50N4O14/c1-24-31(63-43(59)36(55)35(27-14-9-7-10-15-27)49-41(57)29-18-13-19-30(20-29)50-51-48)22-47(60)40(64-42(58)28-16-11-8-12-17-28)38-45(6,32(54)21-33-46(38,23-61-33)65-26(3)53)39(56)37(62-25(2)52)34(24)44(47,4)5/h7-20,31-33,35-38,40,54-55,60H,21-23H2,1-6H3,(H,49,57)/t31-,32-,33+,35-,36+,37+,38-,40-,45+,46-,47+/m0/s1. The van der Waals surface area contributed by atoms with Crippen LogP contribution in [0.3, 0.4) is 0 Å². The molecule has 4 N–H and O–H groups in total. The molecule has 3 aromatic carbocycles. The molecule has 0 unspecified atom stereocenters. The van der Waals surface area contributed by atoms with Crippen molar-refractivity contribution >= 4 is 41.3 Å². The number of ketones is 1. The van der Waals surface area contributed by atoms with Gasteiger partial charge in [-0.2, -0.15) is 0 Å². The quantitative estimate of drug-likeness (QED) is 0.0509. The molecule has 18 nitrogen and oxygen atoms in total. The highest BCUT2D eigenvalue weighted by Crippen LogP contribution is 2.64. The number of rotatable bonds is 11. The van der Waals surface area contributed by atoms with Gasteiger partial charge in [0, 0.05) is 48.3 Å². The minimum absolute atomic E-state index is 0.0345. The van der Waals surface area contributed by atoms with Crippen molar-refractivity contribution in [1.29, 1.82) is 0 Å². The Labute approximate surface area is 373 Å². The van der Waals surface area contributed by atoms with Crippen LogP contribution in [0, 0.1) is 16.7 Å². The average Bonchev–Trinajstić information content (AvgIpc) is 3.26. The fourth-order valence-corrected chi connectivity index (χ4v) is 10.4. The highest BCUT2D eigenvalue weighted by molar-refractivity contribution is 5.96. The second-order valence-corrected chi connectivity index (χ2v) is 17.7. The average molecular weight is 895 g/mol. The van der Waals surface area contributed by atoms with Crippen LogP contribution in [-0.2, 0) is 42.9 Å². The maximum absolute atomic E-state index is 15.5. The largest absolute Gasteiger partial charge is 0.456 e. The third-order valence-electron chi connectivity index (χ3n) is 13.7. The first kappa shape index (κ1) is 46.6. The number of ether oxygens (including phenoxy) is 5. The Bertz CT molecular complexity index is 2490. The lowest BCUT2D eigenvalue weighted by atomic mass is 9.44. The number of Topliss-reactive ketones (excluding diaryl/α,β-unsaturated/α-hetero) is 1. The van der Waals surface area contributed by atoms with Gasteiger partial charge in [0.15, 0.2) is 23.6 Å². The molecular formula is C47H50N4O14. The number of hydrogen-bond acceptors (Lipinski definition) is 15. The van der Waals surface area contributed by atoms with Gasteiger partial charge in [0.1, 0.15) is 23.9 Å². The van der Waals surface area contributed by atoms with Crippen molar-refractivity contribution in [3.8, 4) is 0 Å². The number of aliphatic hydroxyl groups excluding tert-OH is 2. The van der Waals surface area contributed by atoms with E-state index >= 15 is 4.79 Å². The van der Waals surface area contributed by atoms with E-state index in [4.69, 9.17) is 29.2 Å². The van der Waals surface area contributed by atoms with Gasteiger partial charge in [-0.05, 0) is 60.4 Å². The van der Waals surface area contributed by atoms with Crippen LogP contribution in [0.5, 0.6) is 0 Å². The molecule has 65 heavy (non-hydrogen) atoms. The molecule has 7 rings (SSSR count). The lowest BCUT2D eigenvalue weighted by Crippen LogP contribution is -2.82. The first-order valence-electron chi connectivity index (χ1n) is 21.0. The number of benzene rings is 3. The van der Waals surface area contributed by atoms with Crippen LogP contribution in [0.4, 0.5) is 5.69 Å². The van der Waals surface area contributed by atoms with Gasteiger partial charge in [-0.3, -0.25) is 19.2 Å². The van der Waals surface area contributed by atoms with Gasteiger partial charge in [-0.1, -0.05) is 79.6 Å². The summed E-state index contributed by atoms with van der Waals surface area (Å²) in [5, 5.41) is 43.8. The van der Waals surface area contributed by atoms with E-state index in [1.54, 1.807) is 62.4 Å². The zero-order valence-corrected chi connectivity index (χ0v) is 36.5.